The number of hydrogen-bond donors (Lipinski definition) is 1. The number of benzene rings is 2. The van der Waals surface area contributed by atoms with Crippen molar-refractivity contribution in [1.29, 1.82) is 0 Å². The molecule has 1 N–H and O–H groups in total. The maximum Gasteiger partial charge on any atom is 0.123 e. The highest BCUT2D eigenvalue weighted by Gasteiger charge is 2.28. The predicted octanol–water partition coefficient (Wildman–Crippen LogP) is 6.43. The molecule has 1 aliphatic heterocycles. The molecule has 0 saturated heterocycles. The molecule has 0 saturated carbocycles. The van der Waals surface area contributed by atoms with Crippen LogP contribution in [0.4, 0.5) is 0 Å². The number of fused-ring (bicyclic) bond motifs is 2. The van der Waals surface area contributed by atoms with E-state index in [4.69, 9.17) is 16.3 Å². The van der Waals surface area contributed by atoms with Crippen molar-refractivity contribution < 1.29 is 4.74 Å². The number of nitrogens with zero attached hydrogens (tertiary/aromatic N) is 1. The van der Waals surface area contributed by atoms with E-state index in [1.54, 1.807) is 0 Å². The smallest absolute Gasteiger partial charge is 0.123 e. The Morgan fingerprint density at radius 3 is 2.90 bits per heavy atom. The van der Waals surface area contributed by atoms with Gasteiger partial charge in [-0.1, -0.05) is 35.9 Å². The van der Waals surface area contributed by atoms with Crippen LogP contribution in [0.2, 0.25) is 5.02 Å². The summed E-state index contributed by atoms with van der Waals surface area (Å²) in [6.45, 7) is 7.46. The average molecular weight is 421 g/mol. The Hall–Kier alpha value is -2.23. The van der Waals surface area contributed by atoms with Gasteiger partial charge in [0, 0.05) is 47.3 Å². The van der Waals surface area contributed by atoms with Gasteiger partial charge in [-0.25, -0.2) is 0 Å². The summed E-state index contributed by atoms with van der Waals surface area (Å²) >= 11 is 6.13. The monoisotopic (exact) mass is 420 g/mol. The van der Waals surface area contributed by atoms with Crippen LogP contribution in [0.15, 0.2) is 48.7 Å². The van der Waals surface area contributed by atoms with Gasteiger partial charge < -0.3 is 9.72 Å². The van der Waals surface area contributed by atoms with Gasteiger partial charge in [-0.3, -0.25) is 4.90 Å². The first kappa shape index (κ1) is 19.7. The van der Waals surface area contributed by atoms with Crippen molar-refractivity contribution in [3.8, 4) is 5.75 Å². The zero-order chi connectivity index (χ0) is 20.7. The molecule has 5 rings (SSSR count). The molecule has 3 aromatic rings. The van der Waals surface area contributed by atoms with E-state index in [-0.39, 0.29) is 6.10 Å². The SMILES string of the molecule is CC(C)Oc1cccc2c1CCC2CN1CC=C(c2c[nH]c3cc(Cl)ccc23)CC1. The molecule has 3 nitrogen and oxygen atoms in total. The molecule has 2 aliphatic rings. The van der Waals surface area contributed by atoms with Crippen LogP contribution in [0, 0.1) is 0 Å². The minimum Gasteiger partial charge on any atom is -0.491 e. The molecule has 4 heteroatoms. The molecule has 0 fully saturated rings. The summed E-state index contributed by atoms with van der Waals surface area (Å²) in [7, 11) is 0. The van der Waals surface area contributed by atoms with Crippen LogP contribution in [0.25, 0.3) is 16.5 Å². The van der Waals surface area contributed by atoms with Gasteiger partial charge in [0.1, 0.15) is 5.75 Å². The highest BCUT2D eigenvalue weighted by Crippen LogP contribution is 2.40. The fourth-order valence-electron chi connectivity index (χ4n) is 5.06. The summed E-state index contributed by atoms with van der Waals surface area (Å²) in [5, 5.41) is 2.04. The molecule has 1 aromatic heterocycles. The van der Waals surface area contributed by atoms with Crippen LogP contribution in [-0.4, -0.2) is 35.6 Å². The predicted molar refractivity (Wildman–Crippen MR) is 126 cm³/mol. The largest absolute Gasteiger partial charge is 0.491 e. The molecule has 156 valence electrons. The molecular weight excluding hydrogens is 392 g/mol. The third-order valence-corrected chi connectivity index (χ3v) is 6.71. The summed E-state index contributed by atoms with van der Waals surface area (Å²) in [6.07, 6.45) is 8.22. The molecule has 30 heavy (non-hydrogen) atoms. The zero-order valence-electron chi connectivity index (χ0n) is 17.7. The van der Waals surface area contributed by atoms with E-state index in [1.165, 1.54) is 34.1 Å². The molecule has 0 spiro atoms. The van der Waals surface area contributed by atoms with Gasteiger partial charge in [0.25, 0.3) is 0 Å². The van der Waals surface area contributed by atoms with Gasteiger partial charge in [0.15, 0.2) is 0 Å². The third-order valence-electron chi connectivity index (χ3n) is 6.48. The number of ether oxygens (including phenoxy) is 1. The lowest BCUT2D eigenvalue weighted by Gasteiger charge is -2.29. The third kappa shape index (κ3) is 3.77. The molecule has 2 aromatic carbocycles. The maximum atomic E-state index is 6.13. The van der Waals surface area contributed by atoms with Crippen LogP contribution >= 0.6 is 11.6 Å². The first-order valence-corrected chi connectivity index (χ1v) is 11.4. The molecule has 0 radical (unpaired) electrons. The summed E-state index contributed by atoms with van der Waals surface area (Å²) in [5.41, 5.74) is 6.81. The van der Waals surface area contributed by atoms with Crippen LogP contribution in [0.1, 0.15) is 49.3 Å². The van der Waals surface area contributed by atoms with E-state index in [0.717, 1.165) is 48.8 Å². The van der Waals surface area contributed by atoms with Gasteiger partial charge in [-0.15, -0.1) is 0 Å². The minimum absolute atomic E-state index is 0.224. The summed E-state index contributed by atoms with van der Waals surface area (Å²) in [4.78, 5) is 5.98. The van der Waals surface area contributed by atoms with Crippen molar-refractivity contribution >= 4 is 28.1 Å². The van der Waals surface area contributed by atoms with Crippen LogP contribution in [0.5, 0.6) is 5.75 Å². The second kappa shape index (κ2) is 8.13. The first-order chi connectivity index (χ1) is 14.6. The number of aromatic amines is 1. The Balaban J connectivity index is 1.29. The number of hydrogen-bond acceptors (Lipinski definition) is 2. The van der Waals surface area contributed by atoms with E-state index in [2.05, 4.69) is 60.3 Å². The Morgan fingerprint density at radius 1 is 1.20 bits per heavy atom. The molecule has 1 aliphatic carbocycles. The van der Waals surface area contributed by atoms with Gasteiger partial charge in [-0.2, -0.15) is 0 Å². The molecule has 0 bridgehead atoms. The van der Waals surface area contributed by atoms with Crippen molar-refractivity contribution in [2.75, 3.05) is 19.6 Å². The van der Waals surface area contributed by atoms with Gasteiger partial charge >= 0.3 is 0 Å². The molecule has 1 atom stereocenters. The van der Waals surface area contributed by atoms with Crippen molar-refractivity contribution in [3.63, 3.8) is 0 Å². The quantitative estimate of drug-likeness (QED) is 0.515. The zero-order valence-corrected chi connectivity index (χ0v) is 18.5. The van der Waals surface area contributed by atoms with E-state index in [1.807, 2.05) is 12.1 Å². The maximum absolute atomic E-state index is 6.13. The molecule has 1 unspecified atom stereocenters. The van der Waals surface area contributed by atoms with Gasteiger partial charge in [0.2, 0.25) is 0 Å². The van der Waals surface area contributed by atoms with Crippen LogP contribution in [-0.2, 0) is 6.42 Å². The molecule has 2 heterocycles. The highest BCUT2D eigenvalue weighted by atomic mass is 35.5. The standard InChI is InChI=1S/C26H29ClN2O/c1-17(2)30-26-5-3-4-21-19(6-8-23(21)26)16-29-12-10-18(11-13-29)24-15-28-25-14-20(27)7-9-22(24)25/h3-5,7,9-10,14-15,17,19,28H,6,8,11-13,16H2,1-2H3. The molecule has 0 amide bonds. The number of nitrogens with one attached hydrogen (secondary N) is 1. The summed E-state index contributed by atoms with van der Waals surface area (Å²) in [5.74, 6) is 1.70. The number of aromatic nitrogens is 1. The molecular formula is C26H29ClN2O. The van der Waals surface area contributed by atoms with Crippen molar-refractivity contribution in [2.24, 2.45) is 0 Å². The normalized spacial score (nSPS) is 19.3. The van der Waals surface area contributed by atoms with Crippen molar-refractivity contribution in [1.82, 2.24) is 9.88 Å². The van der Waals surface area contributed by atoms with Gasteiger partial charge in [-0.05, 0) is 73.9 Å². The van der Waals surface area contributed by atoms with Crippen LogP contribution in [0.3, 0.4) is 0 Å². The van der Waals surface area contributed by atoms with Crippen molar-refractivity contribution in [2.45, 2.75) is 45.1 Å². The number of rotatable bonds is 5. The lowest BCUT2D eigenvalue weighted by molar-refractivity contribution is 0.240. The van der Waals surface area contributed by atoms with Gasteiger partial charge in [0.05, 0.1) is 6.10 Å². The fourth-order valence-corrected chi connectivity index (χ4v) is 5.23. The van der Waals surface area contributed by atoms with E-state index in [9.17, 15) is 0 Å². The average Bonchev–Trinajstić information content (AvgIpc) is 3.33. The lowest BCUT2D eigenvalue weighted by atomic mass is 9.96. The summed E-state index contributed by atoms with van der Waals surface area (Å²) < 4.78 is 6.06. The lowest BCUT2D eigenvalue weighted by Crippen LogP contribution is -2.32. The second-order valence-electron chi connectivity index (χ2n) is 8.86. The number of halogens is 1. The van der Waals surface area contributed by atoms with E-state index < -0.39 is 0 Å². The first-order valence-electron chi connectivity index (χ1n) is 11.1. The Bertz CT molecular complexity index is 1100. The Kier molecular flexibility index (Phi) is 5.34. The van der Waals surface area contributed by atoms with Crippen molar-refractivity contribution in [3.05, 3.63) is 70.4 Å². The highest BCUT2D eigenvalue weighted by molar-refractivity contribution is 6.31. The Labute approximate surface area is 183 Å². The fraction of sp³-hybridized carbons (Fsp3) is 0.385. The van der Waals surface area contributed by atoms with E-state index in [0.29, 0.717) is 5.92 Å². The second-order valence-corrected chi connectivity index (χ2v) is 9.29. The van der Waals surface area contributed by atoms with E-state index >= 15 is 0 Å². The summed E-state index contributed by atoms with van der Waals surface area (Å²) in [6, 6.07) is 12.7. The Morgan fingerprint density at radius 2 is 2.10 bits per heavy atom. The minimum atomic E-state index is 0.224. The van der Waals surface area contributed by atoms with Crippen LogP contribution < -0.4 is 4.74 Å². The number of H-pyrrole nitrogens is 1. The topological polar surface area (TPSA) is 28.3 Å².